The molecule has 0 aliphatic heterocycles. The number of hydrogen-bond acceptors (Lipinski definition) is 2. The predicted molar refractivity (Wildman–Crippen MR) is 75.4 cm³/mol. The highest BCUT2D eigenvalue weighted by atomic mass is 16.4. The lowest BCUT2D eigenvalue weighted by molar-refractivity contribution is -0.137. The zero-order valence-electron chi connectivity index (χ0n) is 11.4. The van der Waals surface area contributed by atoms with Crippen LogP contribution in [0.5, 0.6) is 0 Å². The van der Waals surface area contributed by atoms with Gasteiger partial charge in [0.25, 0.3) is 0 Å². The Morgan fingerprint density at radius 1 is 1.37 bits per heavy atom. The number of hydrogen-bond donors (Lipinski definition) is 2. The molecule has 2 N–H and O–H groups in total. The summed E-state index contributed by atoms with van der Waals surface area (Å²) in [7, 11) is 0. The second-order valence-electron chi connectivity index (χ2n) is 5.23. The van der Waals surface area contributed by atoms with E-state index >= 15 is 0 Å². The highest BCUT2D eigenvalue weighted by molar-refractivity contribution is 5.76. The summed E-state index contributed by atoms with van der Waals surface area (Å²) in [6.07, 6.45) is 2.81. The molecule has 0 unspecified atom stereocenters. The van der Waals surface area contributed by atoms with Crippen LogP contribution in [0.3, 0.4) is 0 Å². The molecule has 102 valence electrons. The molecule has 0 saturated carbocycles. The molecule has 1 aromatic carbocycles. The van der Waals surface area contributed by atoms with Crippen molar-refractivity contribution in [1.29, 1.82) is 0 Å². The molecule has 1 aromatic heterocycles. The highest BCUT2D eigenvalue weighted by Gasteiger charge is 2.06. The first-order valence-electron chi connectivity index (χ1n) is 6.76. The molecular weight excluding hydrogens is 240 g/mol. The number of carbonyl (C=O) groups is 1. The lowest BCUT2D eigenvalue weighted by Crippen LogP contribution is -1.94. The van der Waals surface area contributed by atoms with Crippen molar-refractivity contribution in [2.24, 2.45) is 0 Å². The molecule has 0 aliphatic carbocycles. The van der Waals surface area contributed by atoms with Gasteiger partial charge in [0, 0.05) is 12.3 Å². The molecule has 0 bridgehead atoms. The van der Waals surface area contributed by atoms with Gasteiger partial charge in [-0.1, -0.05) is 19.9 Å². The summed E-state index contributed by atoms with van der Waals surface area (Å²) in [5.41, 5.74) is 3.30. The van der Waals surface area contributed by atoms with Crippen molar-refractivity contribution in [1.82, 2.24) is 9.97 Å². The number of nitrogens with zero attached hydrogens (tertiary/aromatic N) is 1. The summed E-state index contributed by atoms with van der Waals surface area (Å²) in [5.74, 6) is 0.690. The predicted octanol–water partition coefficient (Wildman–Crippen LogP) is 3.48. The minimum absolute atomic E-state index is 0.254. The summed E-state index contributed by atoms with van der Waals surface area (Å²) < 4.78 is 0. The Hall–Kier alpha value is -1.84. The van der Waals surface area contributed by atoms with Crippen LogP contribution in [-0.4, -0.2) is 21.0 Å². The highest BCUT2D eigenvalue weighted by Crippen LogP contribution is 2.19. The number of carboxylic acid groups (broad SMARTS) is 1. The smallest absolute Gasteiger partial charge is 0.303 e. The van der Waals surface area contributed by atoms with Crippen molar-refractivity contribution < 1.29 is 9.90 Å². The fourth-order valence-corrected chi connectivity index (χ4v) is 2.11. The maximum Gasteiger partial charge on any atom is 0.303 e. The van der Waals surface area contributed by atoms with Crippen molar-refractivity contribution >= 4 is 17.0 Å². The fourth-order valence-electron chi connectivity index (χ4n) is 2.11. The molecule has 0 radical (unpaired) electrons. The van der Waals surface area contributed by atoms with Crippen molar-refractivity contribution in [2.45, 2.75) is 45.4 Å². The van der Waals surface area contributed by atoms with E-state index in [0.29, 0.717) is 5.92 Å². The van der Waals surface area contributed by atoms with E-state index in [1.807, 2.05) is 6.07 Å². The number of H-pyrrole nitrogens is 1. The normalized spacial score (nSPS) is 11.3. The first-order chi connectivity index (χ1) is 9.06. The summed E-state index contributed by atoms with van der Waals surface area (Å²) in [4.78, 5) is 18.3. The van der Waals surface area contributed by atoms with Crippen LogP contribution >= 0.6 is 0 Å². The van der Waals surface area contributed by atoms with Gasteiger partial charge in [-0.15, -0.1) is 0 Å². The van der Waals surface area contributed by atoms with Crippen LogP contribution in [0.2, 0.25) is 0 Å². The van der Waals surface area contributed by atoms with Crippen LogP contribution in [0.4, 0.5) is 0 Å². The van der Waals surface area contributed by atoms with Crippen LogP contribution in [0.15, 0.2) is 18.2 Å². The molecule has 19 heavy (non-hydrogen) atoms. The van der Waals surface area contributed by atoms with Gasteiger partial charge < -0.3 is 10.1 Å². The third-order valence-corrected chi connectivity index (χ3v) is 3.22. The van der Waals surface area contributed by atoms with Gasteiger partial charge in [0.1, 0.15) is 5.82 Å². The van der Waals surface area contributed by atoms with E-state index in [9.17, 15) is 4.79 Å². The Kier molecular flexibility index (Phi) is 4.20. The Bertz CT molecular complexity index is 573. The number of carboxylic acids is 1. The average molecular weight is 260 g/mol. The molecular formula is C15H20N2O2. The largest absolute Gasteiger partial charge is 0.481 e. The molecule has 4 nitrogen and oxygen atoms in total. The maximum absolute atomic E-state index is 10.4. The monoisotopic (exact) mass is 260 g/mol. The number of aromatic nitrogens is 2. The van der Waals surface area contributed by atoms with E-state index in [4.69, 9.17) is 5.11 Å². The van der Waals surface area contributed by atoms with Crippen molar-refractivity contribution in [3.05, 3.63) is 29.6 Å². The minimum atomic E-state index is -0.717. The number of nitrogens with one attached hydrogen (secondary N) is 1. The van der Waals surface area contributed by atoms with E-state index in [-0.39, 0.29) is 6.42 Å². The first kappa shape index (κ1) is 13.6. The van der Waals surface area contributed by atoms with Gasteiger partial charge >= 0.3 is 5.97 Å². The van der Waals surface area contributed by atoms with E-state index in [1.54, 1.807) is 0 Å². The molecule has 2 rings (SSSR count). The van der Waals surface area contributed by atoms with Crippen molar-refractivity contribution in [3.63, 3.8) is 0 Å². The van der Waals surface area contributed by atoms with E-state index in [1.165, 1.54) is 5.56 Å². The van der Waals surface area contributed by atoms with Gasteiger partial charge in [-0.05, 0) is 37.0 Å². The molecule has 0 aliphatic rings. The van der Waals surface area contributed by atoms with Gasteiger partial charge in [-0.3, -0.25) is 4.79 Å². The molecule has 4 heteroatoms. The van der Waals surface area contributed by atoms with Gasteiger partial charge in [0.2, 0.25) is 0 Å². The second-order valence-corrected chi connectivity index (χ2v) is 5.23. The van der Waals surface area contributed by atoms with Crippen LogP contribution in [0.1, 0.15) is 50.4 Å². The topological polar surface area (TPSA) is 66.0 Å². The van der Waals surface area contributed by atoms with Crippen LogP contribution in [0.25, 0.3) is 11.0 Å². The molecule has 0 saturated heterocycles. The van der Waals surface area contributed by atoms with E-state index < -0.39 is 5.97 Å². The lowest BCUT2D eigenvalue weighted by Gasteiger charge is -2.00. The fraction of sp³-hybridized carbons (Fsp3) is 0.467. The van der Waals surface area contributed by atoms with Crippen LogP contribution in [-0.2, 0) is 11.2 Å². The summed E-state index contributed by atoms with van der Waals surface area (Å²) in [6.45, 7) is 4.23. The van der Waals surface area contributed by atoms with E-state index in [0.717, 1.165) is 36.1 Å². The van der Waals surface area contributed by atoms with E-state index in [2.05, 4.69) is 35.9 Å². The molecule has 0 atom stereocenters. The Morgan fingerprint density at radius 2 is 2.16 bits per heavy atom. The molecule has 0 amide bonds. The maximum atomic E-state index is 10.4. The number of benzene rings is 1. The van der Waals surface area contributed by atoms with Gasteiger partial charge in [0.15, 0.2) is 0 Å². The molecule has 1 heterocycles. The third-order valence-electron chi connectivity index (χ3n) is 3.22. The van der Waals surface area contributed by atoms with Crippen molar-refractivity contribution in [3.8, 4) is 0 Å². The standard InChI is InChI=1S/C15H20N2O2/c1-10(2)15-16-12-8-7-11(9-13(12)17-15)5-3-4-6-14(18)19/h7-10H,3-6H2,1-2H3,(H,16,17)(H,18,19). The lowest BCUT2D eigenvalue weighted by atomic mass is 10.1. The number of fused-ring (bicyclic) bond motifs is 1. The minimum Gasteiger partial charge on any atom is -0.481 e. The van der Waals surface area contributed by atoms with Crippen LogP contribution in [0, 0.1) is 0 Å². The number of aryl methyl sites for hydroxylation is 1. The molecule has 0 fully saturated rings. The quantitative estimate of drug-likeness (QED) is 0.781. The van der Waals surface area contributed by atoms with Gasteiger partial charge in [-0.25, -0.2) is 4.98 Å². The van der Waals surface area contributed by atoms with Crippen LogP contribution < -0.4 is 0 Å². The zero-order chi connectivity index (χ0) is 13.8. The number of aromatic amines is 1. The first-order valence-corrected chi connectivity index (χ1v) is 6.76. The zero-order valence-corrected chi connectivity index (χ0v) is 11.4. The Balaban J connectivity index is 2.02. The number of unbranched alkanes of at least 4 members (excludes halogenated alkanes) is 1. The summed E-state index contributed by atoms with van der Waals surface area (Å²) in [5, 5.41) is 8.59. The molecule has 2 aromatic rings. The van der Waals surface area contributed by atoms with Gasteiger partial charge in [0.05, 0.1) is 11.0 Å². The SMILES string of the molecule is CC(C)c1nc2ccc(CCCCC(=O)O)cc2[nH]1. The molecule has 0 spiro atoms. The number of imidazole rings is 1. The number of rotatable bonds is 6. The summed E-state index contributed by atoms with van der Waals surface area (Å²) >= 11 is 0. The Morgan fingerprint density at radius 3 is 2.84 bits per heavy atom. The Labute approximate surface area is 112 Å². The second kappa shape index (κ2) is 5.87. The van der Waals surface area contributed by atoms with Crippen molar-refractivity contribution in [2.75, 3.05) is 0 Å². The van der Waals surface area contributed by atoms with Gasteiger partial charge in [-0.2, -0.15) is 0 Å². The number of aliphatic carboxylic acids is 1. The third kappa shape index (κ3) is 3.56. The summed E-state index contributed by atoms with van der Waals surface area (Å²) in [6, 6.07) is 6.23. The average Bonchev–Trinajstić information content (AvgIpc) is 2.77.